The third-order valence-corrected chi connectivity index (χ3v) is 4.04. The minimum atomic E-state index is 0.0672. The average molecular weight is 286 g/mol. The molecular weight excluding hydrogens is 269 g/mol. The molecule has 2 atom stereocenters. The Balaban J connectivity index is 2.08. The molecule has 0 radical (unpaired) electrons. The molecule has 1 aromatic rings. The molecule has 1 aliphatic rings. The van der Waals surface area contributed by atoms with E-state index in [1.54, 1.807) is 18.2 Å². The Morgan fingerprint density at radius 2 is 2.11 bits per heavy atom. The van der Waals surface area contributed by atoms with Gasteiger partial charge in [-0.15, -0.1) is 0 Å². The molecule has 18 heavy (non-hydrogen) atoms. The number of likely N-dealkylation sites (tertiary alicyclic amines) is 1. The fourth-order valence-corrected chi connectivity index (χ4v) is 3.11. The lowest BCUT2D eigenvalue weighted by Crippen LogP contribution is -2.32. The maximum Gasteiger partial charge on any atom is 0.178 e. The van der Waals surface area contributed by atoms with Gasteiger partial charge in [-0.05, 0) is 37.5 Å². The van der Waals surface area contributed by atoms with Gasteiger partial charge in [0, 0.05) is 23.2 Å². The SMILES string of the molecule is CC1CC(C)N(CC(=O)c2ccc(Cl)cc2Cl)C1. The number of rotatable bonds is 3. The van der Waals surface area contributed by atoms with E-state index in [0.29, 0.717) is 34.1 Å². The molecule has 0 aliphatic carbocycles. The van der Waals surface area contributed by atoms with Gasteiger partial charge in [0.15, 0.2) is 5.78 Å². The molecule has 0 N–H and O–H groups in total. The van der Waals surface area contributed by atoms with Gasteiger partial charge in [-0.3, -0.25) is 9.69 Å². The van der Waals surface area contributed by atoms with E-state index in [1.807, 2.05) is 0 Å². The number of carbonyl (C=O) groups is 1. The third-order valence-electron chi connectivity index (χ3n) is 3.49. The molecule has 0 bridgehead atoms. The van der Waals surface area contributed by atoms with Crippen LogP contribution in [-0.4, -0.2) is 29.8 Å². The molecule has 0 spiro atoms. The van der Waals surface area contributed by atoms with Crippen molar-refractivity contribution in [2.24, 2.45) is 5.92 Å². The van der Waals surface area contributed by atoms with Crippen LogP contribution in [-0.2, 0) is 0 Å². The Hall–Kier alpha value is -0.570. The van der Waals surface area contributed by atoms with Crippen LogP contribution in [0.25, 0.3) is 0 Å². The van der Waals surface area contributed by atoms with Gasteiger partial charge in [0.05, 0.1) is 11.6 Å². The van der Waals surface area contributed by atoms with Crippen molar-refractivity contribution in [3.05, 3.63) is 33.8 Å². The van der Waals surface area contributed by atoms with E-state index in [0.717, 1.165) is 13.0 Å². The Morgan fingerprint density at radius 3 is 2.67 bits per heavy atom. The third kappa shape index (κ3) is 3.05. The second kappa shape index (κ2) is 5.60. The van der Waals surface area contributed by atoms with E-state index in [2.05, 4.69) is 18.7 Å². The maximum absolute atomic E-state index is 12.2. The van der Waals surface area contributed by atoms with Crippen molar-refractivity contribution in [3.63, 3.8) is 0 Å². The van der Waals surface area contributed by atoms with Gasteiger partial charge < -0.3 is 0 Å². The lowest BCUT2D eigenvalue weighted by Gasteiger charge is -2.20. The first-order valence-electron chi connectivity index (χ1n) is 6.19. The summed E-state index contributed by atoms with van der Waals surface area (Å²) < 4.78 is 0. The molecule has 0 aromatic heterocycles. The molecule has 4 heteroatoms. The number of ketones is 1. The highest BCUT2D eigenvalue weighted by Gasteiger charge is 2.28. The normalized spacial score (nSPS) is 24.4. The van der Waals surface area contributed by atoms with Crippen molar-refractivity contribution in [1.82, 2.24) is 4.90 Å². The van der Waals surface area contributed by atoms with Gasteiger partial charge in [0.1, 0.15) is 0 Å². The molecule has 1 heterocycles. The van der Waals surface area contributed by atoms with Crippen molar-refractivity contribution >= 4 is 29.0 Å². The van der Waals surface area contributed by atoms with Crippen LogP contribution in [0.15, 0.2) is 18.2 Å². The van der Waals surface area contributed by atoms with E-state index >= 15 is 0 Å². The largest absolute Gasteiger partial charge is 0.293 e. The van der Waals surface area contributed by atoms with Gasteiger partial charge in [0.25, 0.3) is 0 Å². The molecule has 2 nitrogen and oxygen atoms in total. The topological polar surface area (TPSA) is 20.3 Å². The zero-order valence-electron chi connectivity index (χ0n) is 10.6. The molecule has 1 aliphatic heterocycles. The molecule has 0 saturated carbocycles. The minimum Gasteiger partial charge on any atom is -0.293 e. The highest BCUT2D eigenvalue weighted by atomic mass is 35.5. The van der Waals surface area contributed by atoms with Crippen LogP contribution in [0.1, 0.15) is 30.6 Å². The van der Waals surface area contributed by atoms with Gasteiger partial charge in [-0.2, -0.15) is 0 Å². The molecule has 2 unspecified atom stereocenters. The van der Waals surface area contributed by atoms with Gasteiger partial charge in [-0.25, -0.2) is 0 Å². The van der Waals surface area contributed by atoms with Crippen LogP contribution in [0.2, 0.25) is 10.0 Å². The fraction of sp³-hybridized carbons (Fsp3) is 0.500. The summed E-state index contributed by atoms with van der Waals surface area (Å²) in [5.74, 6) is 0.728. The van der Waals surface area contributed by atoms with Crippen LogP contribution in [0, 0.1) is 5.92 Å². The van der Waals surface area contributed by atoms with Crippen molar-refractivity contribution in [2.75, 3.05) is 13.1 Å². The zero-order valence-corrected chi connectivity index (χ0v) is 12.1. The summed E-state index contributed by atoms with van der Waals surface area (Å²) in [5, 5.41) is 0.993. The Kier molecular flexibility index (Phi) is 4.31. The van der Waals surface area contributed by atoms with Crippen LogP contribution in [0.3, 0.4) is 0 Å². The standard InChI is InChI=1S/C14H17Cl2NO/c1-9-5-10(2)17(7-9)8-14(18)12-4-3-11(15)6-13(12)16/h3-4,6,9-10H,5,7-8H2,1-2H3. The number of nitrogens with zero attached hydrogens (tertiary/aromatic N) is 1. The summed E-state index contributed by atoms with van der Waals surface area (Å²) in [6.45, 7) is 5.81. The first kappa shape index (κ1) is 13.9. The minimum absolute atomic E-state index is 0.0672. The fourth-order valence-electron chi connectivity index (χ4n) is 2.59. The number of carbonyl (C=O) groups excluding carboxylic acids is 1. The lowest BCUT2D eigenvalue weighted by molar-refractivity contribution is 0.0925. The molecule has 1 aromatic carbocycles. The molecular formula is C14H17Cl2NO. The van der Waals surface area contributed by atoms with Crippen LogP contribution in [0.4, 0.5) is 0 Å². The summed E-state index contributed by atoms with van der Waals surface area (Å²) >= 11 is 11.9. The van der Waals surface area contributed by atoms with Gasteiger partial charge in [-0.1, -0.05) is 30.1 Å². The Bertz CT molecular complexity index is 461. The van der Waals surface area contributed by atoms with Crippen molar-refractivity contribution in [1.29, 1.82) is 0 Å². The van der Waals surface area contributed by atoms with E-state index in [1.165, 1.54) is 0 Å². The van der Waals surface area contributed by atoms with Crippen molar-refractivity contribution < 1.29 is 4.79 Å². The summed E-state index contributed by atoms with van der Waals surface area (Å²) in [5.41, 5.74) is 0.563. The number of hydrogen-bond donors (Lipinski definition) is 0. The first-order valence-corrected chi connectivity index (χ1v) is 6.95. The highest BCUT2D eigenvalue weighted by molar-refractivity contribution is 6.36. The summed E-state index contributed by atoms with van der Waals surface area (Å²) in [4.78, 5) is 14.4. The van der Waals surface area contributed by atoms with Crippen LogP contribution in [0.5, 0.6) is 0 Å². The molecule has 0 amide bonds. The number of halogens is 2. The Morgan fingerprint density at radius 1 is 1.39 bits per heavy atom. The van der Waals surface area contributed by atoms with Gasteiger partial charge in [0.2, 0.25) is 0 Å². The van der Waals surface area contributed by atoms with E-state index in [9.17, 15) is 4.79 Å². The zero-order chi connectivity index (χ0) is 13.3. The van der Waals surface area contributed by atoms with E-state index in [-0.39, 0.29) is 5.78 Å². The monoisotopic (exact) mass is 285 g/mol. The van der Waals surface area contributed by atoms with Crippen molar-refractivity contribution in [2.45, 2.75) is 26.3 Å². The predicted molar refractivity (Wildman–Crippen MR) is 75.6 cm³/mol. The second-order valence-electron chi connectivity index (χ2n) is 5.17. The number of benzene rings is 1. The Labute approximate surface area is 118 Å². The maximum atomic E-state index is 12.2. The van der Waals surface area contributed by atoms with Crippen LogP contribution >= 0.6 is 23.2 Å². The quantitative estimate of drug-likeness (QED) is 0.785. The first-order chi connectivity index (χ1) is 8.47. The van der Waals surface area contributed by atoms with E-state index < -0.39 is 0 Å². The average Bonchev–Trinajstić information content (AvgIpc) is 2.57. The van der Waals surface area contributed by atoms with Crippen molar-refractivity contribution in [3.8, 4) is 0 Å². The number of Topliss-reactive ketones (excluding diaryl/α,β-unsaturated/α-hetero) is 1. The smallest absolute Gasteiger partial charge is 0.178 e. The summed E-state index contributed by atoms with van der Waals surface area (Å²) in [7, 11) is 0. The van der Waals surface area contributed by atoms with Crippen LogP contribution < -0.4 is 0 Å². The molecule has 98 valence electrons. The summed E-state index contributed by atoms with van der Waals surface area (Å²) in [6, 6.07) is 5.50. The van der Waals surface area contributed by atoms with Gasteiger partial charge >= 0.3 is 0 Å². The lowest BCUT2D eigenvalue weighted by atomic mass is 10.1. The number of hydrogen-bond acceptors (Lipinski definition) is 2. The molecule has 1 saturated heterocycles. The predicted octanol–water partition coefficient (Wildman–Crippen LogP) is 3.91. The molecule has 2 rings (SSSR count). The highest BCUT2D eigenvalue weighted by Crippen LogP contribution is 2.25. The summed E-state index contributed by atoms with van der Waals surface area (Å²) in [6.07, 6.45) is 1.15. The van der Waals surface area contributed by atoms with E-state index in [4.69, 9.17) is 23.2 Å². The molecule has 1 fully saturated rings. The second-order valence-corrected chi connectivity index (χ2v) is 6.01.